The SMILES string of the molecule is CNCC(O)c1oc(Br)nc1C. The van der Waals surface area contributed by atoms with Crippen LogP contribution in [-0.4, -0.2) is 23.7 Å². The fraction of sp³-hybridized carbons (Fsp3) is 0.571. The topological polar surface area (TPSA) is 58.3 Å². The second-order valence-corrected chi connectivity index (χ2v) is 3.17. The molecule has 0 fully saturated rings. The first-order valence-corrected chi connectivity index (χ1v) is 4.40. The molecule has 2 N–H and O–H groups in total. The Balaban J connectivity index is 2.79. The molecule has 1 heterocycles. The Morgan fingerprint density at radius 1 is 1.75 bits per heavy atom. The number of rotatable bonds is 3. The van der Waals surface area contributed by atoms with Crippen molar-refractivity contribution < 1.29 is 9.52 Å². The van der Waals surface area contributed by atoms with E-state index in [2.05, 4.69) is 26.2 Å². The zero-order valence-corrected chi connectivity index (χ0v) is 8.55. The van der Waals surface area contributed by atoms with Crippen LogP contribution in [0.5, 0.6) is 0 Å². The molecule has 5 heteroatoms. The molecule has 1 aromatic heterocycles. The first-order valence-electron chi connectivity index (χ1n) is 3.60. The van der Waals surface area contributed by atoms with Gasteiger partial charge in [-0.3, -0.25) is 0 Å². The lowest BCUT2D eigenvalue weighted by Gasteiger charge is -2.05. The highest BCUT2D eigenvalue weighted by Gasteiger charge is 2.15. The number of nitrogens with one attached hydrogen (secondary N) is 1. The predicted molar refractivity (Wildman–Crippen MR) is 47.8 cm³/mol. The van der Waals surface area contributed by atoms with Crippen LogP contribution in [0, 0.1) is 6.92 Å². The molecule has 0 spiro atoms. The minimum absolute atomic E-state index is 0.408. The van der Waals surface area contributed by atoms with Crippen molar-refractivity contribution in [2.24, 2.45) is 0 Å². The number of oxazole rings is 1. The van der Waals surface area contributed by atoms with Crippen LogP contribution in [-0.2, 0) is 0 Å². The summed E-state index contributed by atoms with van der Waals surface area (Å²) in [6.07, 6.45) is -0.631. The molecule has 0 aliphatic rings. The standard InChI is InChI=1S/C7H11BrN2O2/c1-4-6(5(11)3-9-2)12-7(8)10-4/h5,9,11H,3H2,1-2H3. The van der Waals surface area contributed by atoms with Gasteiger partial charge in [-0.1, -0.05) is 0 Å². The first kappa shape index (κ1) is 9.70. The Morgan fingerprint density at radius 3 is 2.83 bits per heavy atom. The lowest BCUT2D eigenvalue weighted by atomic mass is 10.2. The average molecular weight is 235 g/mol. The number of aliphatic hydroxyl groups excluding tert-OH is 1. The van der Waals surface area contributed by atoms with E-state index in [1.807, 2.05) is 0 Å². The fourth-order valence-electron chi connectivity index (χ4n) is 0.970. The largest absolute Gasteiger partial charge is 0.433 e. The van der Waals surface area contributed by atoms with Gasteiger partial charge in [-0.05, 0) is 14.0 Å². The molecule has 0 amide bonds. The van der Waals surface area contributed by atoms with E-state index in [9.17, 15) is 5.11 Å². The molecule has 1 aromatic rings. The second-order valence-electron chi connectivity index (χ2n) is 2.49. The van der Waals surface area contributed by atoms with Crippen molar-refractivity contribution in [2.75, 3.05) is 13.6 Å². The molecule has 68 valence electrons. The molecule has 0 saturated carbocycles. The van der Waals surface area contributed by atoms with Crippen LogP contribution in [0.4, 0.5) is 0 Å². The van der Waals surface area contributed by atoms with E-state index < -0.39 is 6.10 Å². The first-order chi connectivity index (χ1) is 5.65. The summed E-state index contributed by atoms with van der Waals surface area (Å²) >= 11 is 3.09. The van der Waals surface area contributed by atoms with Gasteiger partial charge in [-0.25, -0.2) is 4.98 Å². The van der Waals surface area contributed by atoms with Crippen molar-refractivity contribution in [3.05, 3.63) is 16.3 Å². The molecule has 0 bridgehead atoms. The molecule has 0 aromatic carbocycles. The molecule has 0 radical (unpaired) electrons. The summed E-state index contributed by atoms with van der Waals surface area (Å²) in [6, 6.07) is 0. The monoisotopic (exact) mass is 234 g/mol. The van der Waals surface area contributed by atoms with Crippen molar-refractivity contribution in [1.29, 1.82) is 0 Å². The molecule has 1 unspecified atom stereocenters. The van der Waals surface area contributed by atoms with E-state index in [1.165, 1.54) is 0 Å². The molecule has 0 aliphatic carbocycles. The summed E-state index contributed by atoms with van der Waals surface area (Å²) in [4.78, 5) is 4.38. The number of halogens is 1. The average Bonchev–Trinajstić information content (AvgIpc) is 2.30. The summed E-state index contributed by atoms with van der Waals surface area (Å²) in [5.41, 5.74) is 0.713. The summed E-state index contributed by atoms with van der Waals surface area (Å²) in [7, 11) is 1.77. The smallest absolute Gasteiger partial charge is 0.264 e. The maximum Gasteiger partial charge on any atom is 0.264 e. The maximum atomic E-state index is 9.50. The van der Waals surface area contributed by atoms with E-state index in [1.54, 1.807) is 14.0 Å². The van der Waals surface area contributed by atoms with Crippen LogP contribution < -0.4 is 5.32 Å². The molecule has 1 rings (SSSR count). The number of nitrogens with zero attached hydrogens (tertiary/aromatic N) is 1. The maximum absolute atomic E-state index is 9.50. The minimum atomic E-state index is -0.631. The highest BCUT2D eigenvalue weighted by Crippen LogP contribution is 2.21. The van der Waals surface area contributed by atoms with E-state index in [-0.39, 0.29) is 0 Å². The molecule has 4 nitrogen and oxygen atoms in total. The number of hydrogen-bond acceptors (Lipinski definition) is 4. The van der Waals surface area contributed by atoms with Crippen LogP contribution in [0.3, 0.4) is 0 Å². The van der Waals surface area contributed by atoms with Gasteiger partial charge in [-0.15, -0.1) is 0 Å². The van der Waals surface area contributed by atoms with Gasteiger partial charge >= 0.3 is 0 Å². The van der Waals surface area contributed by atoms with Gasteiger partial charge in [0, 0.05) is 22.5 Å². The van der Waals surface area contributed by atoms with Gasteiger partial charge in [0.25, 0.3) is 4.80 Å². The summed E-state index contributed by atoms with van der Waals surface area (Å²) in [6.45, 7) is 2.25. The number of aromatic nitrogens is 1. The summed E-state index contributed by atoms with van der Waals surface area (Å²) in [5.74, 6) is 0.510. The number of aliphatic hydroxyl groups is 1. The molecule has 0 saturated heterocycles. The van der Waals surface area contributed by atoms with Crippen molar-refractivity contribution in [1.82, 2.24) is 10.3 Å². The van der Waals surface area contributed by atoms with E-state index >= 15 is 0 Å². The normalized spacial score (nSPS) is 13.3. The van der Waals surface area contributed by atoms with Gasteiger partial charge in [-0.2, -0.15) is 0 Å². The fourth-order valence-corrected chi connectivity index (χ4v) is 1.41. The van der Waals surface area contributed by atoms with Gasteiger partial charge in [0.05, 0.1) is 5.69 Å². The van der Waals surface area contributed by atoms with Gasteiger partial charge in [0.15, 0.2) is 5.76 Å². The molecular formula is C7H11BrN2O2. The van der Waals surface area contributed by atoms with Gasteiger partial charge < -0.3 is 14.8 Å². The Kier molecular flexibility index (Phi) is 3.25. The van der Waals surface area contributed by atoms with Crippen LogP contribution in [0.25, 0.3) is 0 Å². The minimum Gasteiger partial charge on any atom is -0.433 e. The Bertz CT molecular complexity index is 262. The summed E-state index contributed by atoms with van der Waals surface area (Å²) in [5, 5.41) is 12.3. The van der Waals surface area contributed by atoms with Crippen molar-refractivity contribution in [3.8, 4) is 0 Å². The van der Waals surface area contributed by atoms with Crippen LogP contribution in [0.15, 0.2) is 9.22 Å². The van der Waals surface area contributed by atoms with E-state index in [0.29, 0.717) is 22.8 Å². The number of likely N-dealkylation sites (N-methyl/N-ethyl adjacent to an activating group) is 1. The third kappa shape index (κ3) is 2.06. The Morgan fingerprint density at radius 2 is 2.42 bits per heavy atom. The van der Waals surface area contributed by atoms with Crippen LogP contribution >= 0.6 is 15.9 Å². The quantitative estimate of drug-likeness (QED) is 0.820. The third-order valence-electron chi connectivity index (χ3n) is 1.51. The highest BCUT2D eigenvalue weighted by molar-refractivity contribution is 9.10. The Labute approximate surface area is 79.1 Å². The van der Waals surface area contributed by atoms with Crippen molar-refractivity contribution >= 4 is 15.9 Å². The van der Waals surface area contributed by atoms with Crippen molar-refractivity contribution in [2.45, 2.75) is 13.0 Å². The zero-order chi connectivity index (χ0) is 9.14. The van der Waals surface area contributed by atoms with E-state index in [0.717, 1.165) is 0 Å². The number of hydrogen-bond donors (Lipinski definition) is 2. The Hall–Kier alpha value is -0.390. The molecule has 0 aliphatic heterocycles. The molecule has 12 heavy (non-hydrogen) atoms. The highest BCUT2D eigenvalue weighted by atomic mass is 79.9. The second kappa shape index (κ2) is 4.02. The summed E-state index contributed by atoms with van der Waals surface area (Å²) < 4.78 is 5.14. The lowest BCUT2D eigenvalue weighted by Crippen LogP contribution is -2.16. The third-order valence-corrected chi connectivity index (χ3v) is 1.85. The number of aryl methyl sites for hydroxylation is 1. The van der Waals surface area contributed by atoms with Gasteiger partial charge in [0.1, 0.15) is 6.10 Å². The van der Waals surface area contributed by atoms with Crippen molar-refractivity contribution in [3.63, 3.8) is 0 Å². The lowest BCUT2D eigenvalue weighted by molar-refractivity contribution is 0.148. The van der Waals surface area contributed by atoms with Gasteiger partial charge in [0.2, 0.25) is 0 Å². The predicted octanol–water partition coefficient (Wildman–Crippen LogP) is 0.998. The van der Waals surface area contributed by atoms with Crippen LogP contribution in [0.1, 0.15) is 17.6 Å². The van der Waals surface area contributed by atoms with E-state index in [4.69, 9.17) is 4.42 Å². The van der Waals surface area contributed by atoms with Crippen LogP contribution in [0.2, 0.25) is 0 Å². The zero-order valence-electron chi connectivity index (χ0n) is 6.97. The molecule has 1 atom stereocenters. The molecular weight excluding hydrogens is 224 g/mol.